The van der Waals surface area contributed by atoms with Crippen molar-refractivity contribution < 1.29 is 9.47 Å². The van der Waals surface area contributed by atoms with Crippen LogP contribution in [0.15, 0.2) is 4.99 Å². The number of hydrogen-bond acceptors (Lipinski definition) is 4. The lowest BCUT2D eigenvalue weighted by molar-refractivity contribution is 0.0205. The van der Waals surface area contributed by atoms with Crippen LogP contribution in [0, 0.1) is 5.92 Å². The Morgan fingerprint density at radius 2 is 1.86 bits per heavy atom. The molecule has 2 heterocycles. The van der Waals surface area contributed by atoms with Crippen molar-refractivity contribution in [1.29, 1.82) is 0 Å². The van der Waals surface area contributed by atoms with E-state index >= 15 is 0 Å². The number of ether oxygens (including phenoxy) is 2. The van der Waals surface area contributed by atoms with E-state index in [1.54, 1.807) is 0 Å². The summed E-state index contributed by atoms with van der Waals surface area (Å²) in [5.74, 6) is 1.65. The van der Waals surface area contributed by atoms with Crippen LogP contribution in [-0.4, -0.2) is 76.1 Å². The molecule has 2 aliphatic heterocycles. The van der Waals surface area contributed by atoms with Crippen molar-refractivity contribution in [2.24, 2.45) is 10.9 Å². The summed E-state index contributed by atoms with van der Waals surface area (Å²) < 4.78 is 11.2. The molecule has 7 heteroatoms. The molecule has 0 aromatic heterocycles. The first kappa shape index (κ1) is 25.9. The molecule has 0 bridgehead atoms. The molecule has 0 radical (unpaired) electrons. The quantitative estimate of drug-likeness (QED) is 0.194. The van der Waals surface area contributed by atoms with Crippen molar-refractivity contribution >= 4 is 29.9 Å². The van der Waals surface area contributed by atoms with Gasteiger partial charge in [-0.15, -0.1) is 24.0 Å². The van der Waals surface area contributed by atoms with Crippen LogP contribution in [0.2, 0.25) is 0 Å². The Hall–Kier alpha value is -0.120. The van der Waals surface area contributed by atoms with Crippen LogP contribution >= 0.6 is 24.0 Å². The molecule has 2 fully saturated rings. The summed E-state index contributed by atoms with van der Waals surface area (Å²) in [6.45, 7) is 13.3. The maximum Gasteiger partial charge on any atom is 0.191 e. The highest BCUT2D eigenvalue weighted by atomic mass is 127. The predicted molar refractivity (Wildman–Crippen MR) is 128 cm³/mol. The molecular formula is C21H43IN4O2. The van der Waals surface area contributed by atoms with Crippen molar-refractivity contribution in [2.75, 3.05) is 59.2 Å². The Morgan fingerprint density at radius 3 is 2.54 bits per heavy atom. The molecule has 0 aliphatic carbocycles. The van der Waals surface area contributed by atoms with Crippen LogP contribution < -0.4 is 10.6 Å². The van der Waals surface area contributed by atoms with Gasteiger partial charge < -0.3 is 25.0 Å². The average Bonchev–Trinajstić information content (AvgIpc) is 2.71. The van der Waals surface area contributed by atoms with Crippen LogP contribution in [-0.2, 0) is 9.47 Å². The van der Waals surface area contributed by atoms with Gasteiger partial charge in [-0.2, -0.15) is 0 Å². The van der Waals surface area contributed by atoms with Gasteiger partial charge in [0.05, 0.1) is 0 Å². The molecule has 2 N–H and O–H groups in total. The molecule has 2 saturated heterocycles. The molecule has 0 aromatic carbocycles. The van der Waals surface area contributed by atoms with Gasteiger partial charge in [0.25, 0.3) is 0 Å². The topological polar surface area (TPSA) is 58.1 Å². The summed E-state index contributed by atoms with van der Waals surface area (Å²) in [7, 11) is 0. The standard InChI is InChI=1S/C21H42N4O2.HI/c1-3-5-12-25-13-7-20(8-14-25)24-21(22-4-2)23-11-6-15-27-18-19-9-16-26-17-10-19;/h19-20H,3-18H2,1-2H3,(H2,22,23,24);1H. The number of unbranched alkanes of at least 4 members (excludes halogenated alkanes) is 1. The molecule has 0 saturated carbocycles. The Bertz CT molecular complexity index is 398. The van der Waals surface area contributed by atoms with Gasteiger partial charge >= 0.3 is 0 Å². The lowest BCUT2D eigenvalue weighted by Crippen LogP contribution is -2.48. The van der Waals surface area contributed by atoms with Crippen LogP contribution in [0.25, 0.3) is 0 Å². The minimum absolute atomic E-state index is 0. The Balaban J connectivity index is 0.00000392. The zero-order chi connectivity index (χ0) is 19.2. The molecule has 28 heavy (non-hydrogen) atoms. The molecule has 2 rings (SSSR count). The Morgan fingerprint density at radius 1 is 1.11 bits per heavy atom. The van der Waals surface area contributed by atoms with Gasteiger partial charge in [0.2, 0.25) is 0 Å². The third-order valence-corrected chi connectivity index (χ3v) is 5.51. The van der Waals surface area contributed by atoms with Crippen LogP contribution in [0.3, 0.4) is 0 Å². The average molecular weight is 511 g/mol. The highest BCUT2D eigenvalue weighted by Crippen LogP contribution is 2.14. The molecule has 2 aliphatic rings. The van der Waals surface area contributed by atoms with Crippen molar-refractivity contribution in [1.82, 2.24) is 15.5 Å². The third kappa shape index (κ3) is 11.2. The molecule has 0 atom stereocenters. The fraction of sp³-hybridized carbons (Fsp3) is 0.952. The third-order valence-electron chi connectivity index (χ3n) is 5.51. The maximum absolute atomic E-state index is 5.84. The molecule has 0 aromatic rings. The number of halogens is 1. The number of guanidine groups is 1. The Kier molecular flexibility index (Phi) is 15.4. The minimum Gasteiger partial charge on any atom is -0.381 e. The normalized spacial score (nSPS) is 20.0. The first-order chi connectivity index (χ1) is 13.3. The van der Waals surface area contributed by atoms with Crippen molar-refractivity contribution in [3.63, 3.8) is 0 Å². The van der Waals surface area contributed by atoms with E-state index in [9.17, 15) is 0 Å². The molecule has 0 unspecified atom stereocenters. The molecule has 0 amide bonds. The first-order valence-corrected chi connectivity index (χ1v) is 11.2. The summed E-state index contributed by atoms with van der Waals surface area (Å²) in [6.07, 6.45) is 8.29. The summed E-state index contributed by atoms with van der Waals surface area (Å²) in [5, 5.41) is 7.02. The summed E-state index contributed by atoms with van der Waals surface area (Å²) >= 11 is 0. The second-order valence-electron chi connectivity index (χ2n) is 7.86. The number of piperidine rings is 1. The number of nitrogens with one attached hydrogen (secondary N) is 2. The van der Waals surface area contributed by atoms with Crippen LogP contribution in [0.1, 0.15) is 58.8 Å². The van der Waals surface area contributed by atoms with Gasteiger partial charge in [0.15, 0.2) is 5.96 Å². The zero-order valence-electron chi connectivity index (χ0n) is 18.1. The maximum atomic E-state index is 5.84. The van der Waals surface area contributed by atoms with Gasteiger partial charge in [-0.25, -0.2) is 0 Å². The zero-order valence-corrected chi connectivity index (χ0v) is 20.4. The lowest BCUT2D eigenvalue weighted by atomic mass is 10.0. The second kappa shape index (κ2) is 16.7. The van der Waals surface area contributed by atoms with Crippen molar-refractivity contribution in [2.45, 2.75) is 64.8 Å². The SMILES string of the molecule is CCCCN1CCC(NC(=NCCCOCC2CCOCC2)NCC)CC1.I. The van der Waals surface area contributed by atoms with E-state index < -0.39 is 0 Å². The fourth-order valence-corrected chi connectivity index (χ4v) is 3.72. The molecular weight excluding hydrogens is 467 g/mol. The number of likely N-dealkylation sites (tertiary alicyclic amines) is 1. The Labute approximate surface area is 189 Å². The van der Waals surface area contributed by atoms with Gasteiger partial charge in [-0.05, 0) is 57.9 Å². The van der Waals surface area contributed by atoms with E-state index in [0.717, 1.165) is 64.7 Å². The van der Waals surface area contributed by atoms with E-state index in [2.05, 4.69) is 29.4 Å². The fourth-order valence-electron chi connectivity index (χ4n) is 3.72. The number of rotatable bonds is 11. The van der Waals surface area contributed by atoms with Crippen LogP contribution in [0.5, 0.6) is 0 Å². The largest absolute Gasteiger partial charge is 0.381 e. The number of hydrogen-bond donors (Lipinski definition) is 2. The van der Waals surface area contributed by atoms with Crippen molar-refractivity contribution in [3.05, 3.63) is 0 Å². The van der Waals surface area contributed by atoms with E-state index in [1.807, 2.05) is 0 Å². The van der Waals surface area contributed by atoms with Gasteiger partial charge in [-0.3, -0.25) is 4.99 Å². The number of nitrogens with zero attached hydrogens (tertiary/aromatic N) is 2. The summed E-state index contributed by atoms with van der Waals surface area (Å²) in [6, 6.07) is 0.547. The van der Waals surface area contributed by atoms with E-state index in [0.29, 0.717) is 12.0 Å². The van der Waals surface area contributed by atoms with E-state index in [-0.39, 0.29) is 24.0 Å². The number of aliphatic imine (C=N–C) groups is 1. The predicted octanol–water partition coefficient (Wildman–Crippen LogP) is 3.26. The highest BCUT2D eigenvalue weighted by molar-refractivity contribution is 14.0. The van der Waals surface area contributed by atoms with Crippen molar-refractivity contribution in [3.8, 4) is 0 Å². The minimum atomic E-state index is 0. The first-order valence-electron chi connectivity index (χ1n) is 11.2. The smallest absolute Gasteiger partial charge is 0.191 e. The lowest BCUT2D eigenvalue weighted by Gasteiger charge is -2.33. The van der Waals surface area contributed by atoms with Crippen LogP contribution in [0.4, 0.5) is 0 Å². The highest BCUT2D eigenvalue weighted by Gasteiger charge is 2.19. The monoisotopic (exact) mass is 510 g/mol. The molecule has 6 nitrogen and oxygen atoms in total. The molecule has 166 valence electrons. The molecule has 0 spiro atoms. The van der Waals surface area contributed by atoms with Gasteiger partial charge in [0.1, 0.15) is 0 Å². The van der Waals surface area contributed by atoms with E-state index in [4.69, 9.17) is 14.5 Å². The van der Waals surface area contributed by atoms with Gasteiger partial charge in [0, 0.05) is 58.6 Å². The second-order valence-corrected chi connectivity index (χ2v) is 7.86. The van der Waals surface area contributed by atoms with E-state index in [1.165, 1.54) is 45.3 Å². The summed E-state index contributed by atoms with van der Waals surface area (Å²) in [5.41, 5.74) is 0. The summed E-state index contributed by atoms with van der Waals surface area (Å²) in [4.78, 5) is 7.34. The van der Waals surface area contributed by atoms with Gasteiger partial charge in [-0.1, -0.05) is 13.3 Å².